The maximum absolute atomic E-state index is 11.9. The van der Waals surface area contributed by atoms with E-state index in [9.17, 15) is 9.59 Å². The molecule has 0 heterocycles. The fourth-order valence-corrected chi connectivity index (χ4v) is 2.67. The van der Waals surface area contributed by atoms with Gasteiger partial charge >= 0.3 is 0 Å². The monoisotopic (exact) mass is 196 g/mol. The van der Waals surface area contributed by atoms with Crippen molar-refractivity contribution in [2.75, 3.05) is 0 Å². The van der Waals surface area contributed by atoms with E-state index in [2.05, 4.69) is 20.8 Å². The molecule has 0 aliphatic heterocycles. The Morgan fingerprint density at radius 3 is 2.43 bits per heavy atom. The molecule has 1 aliphatic rings. The lowest BCUT2D eigenvalue weighted by Crippen LogP contribution is -2.39. The highest BCUT2D eigenvalue weighted by Crippen LogP contribution is 2.51. The first kappa shape index (κ1) is 11.4. The smallest absolute Gasteiger partial charge is 0.139 e. The zero-order valence-corrected chi connectivity index (χ0v) is 9.43. The van der Waals surface area contributed by atoms with Crippen LogP contribution in [0.1, 0.15) is 52.9 Å². The number of hydrogen-bond donors (Lipinski definition) is 0. The van der Waals surface area contributed by atoms with E-state index >= 15 is 0 Å². The second-order valence-corrected chi connectivity index (χ2v) is 5.31. The molecule has 0 spiro atoms. The summed E-state index contributed by atoms with van der Waals surface area (Å²) in [5.41, 5.74) is -0.239. The number of hydrogen-bond acceptors (Lipinski definition) is 2. The molecule has 0 amide bonds. The quantitative estimate of drug-likeness (QED) is 0.650. The maximum atomic E-state index is 11.9. The van der Waals surface area contributed by atoms with Crippen molar-refractivity contribution in [2.45, 2.75) is 52.9 Å². The number of rotatable bonds is 3. The lowest BCUT2D eigenvalue weighted by Gasteiger charge is -2.40. The SMILES string of the molecule is CC(C)(C)[C@@]1(CCC=O)CCCC1=O. The Balaban J connectivity index is 2.90. The average molecular weight is 196 g/mol. The first-order valence-electron chi connectivity index (χ1n) is 5.41. The van der Waals surface area contributed by atoms with Gasteiger partial charge < -0.3 is 4.79 Å². The van der Waals surface area contributed by atoms with Gasteiger partial charge in [-0.05, 0) is 24.7 Å². The van der Waals surface area contributed by atoms with Crippen molar-refractivity contribution in [2.24, 2.45) is 10.8 Å². The summed E-state index contributed by atoms with van der Waals surface area (Å²) < 4.78 is 0. The molecule has 0 radical (unpaired) electrons. The Kier molecular flexibility index (Phi) is 3.13. The number of carbonyl (C=O) groups is 2. The summed E-state index contributed by atoms with van der Waals surface area (Å²) in [6.07, 6.45) is 4.84. The second-order valence-electron chi connectivity index (χ2n) is 5.31. The van der Waals surface area contributed by atoms with Crippen LogP contribution in [0.4, 0.5) is 0 Å². The van der Waals surface area contributed by atoms with Crippen LogP contribution in [0.5, 0.6) is 0 Å². The molecular formula is C12H20O2. The zero-order chi connectivity index (χ0) is 10.8. The van der Waals surface area contributed by atoms with Gasteiger partial charge in [-0.3, -0.25) is 4.79 Å². The Morgan fingerprint density at radius 2 is 2.07 bits per heavy atom. The number of carbonyl (C=O) groups excluding carboxylic acids is 2. The highest BCUT2D eigenvalue weighted by molar-refractivity contribution is 5.87. The first-order valence-corrected chi connectivity index (χ1v) is 5.41. The van der Waals surface area contributed by atoms with Crippen molar-refractivity contribution in [1.29, 1.82) is 0 Å². The Morgan fingerprint density at radius 1 is 1.43 bits per heavy atom. The van der Waals surface area contributed by atoms with Gasteiger partial charge in [0.2, 0.25) is 0 Å². The summed E-state index contributed by atoms with van der Waals surface area (Å²) in [4.78, 5) is 22.4. The number of Topliss-reactive ketones (excluding diaryl/α,β-unsaturated/α-hetero) is 1. The van der Waals surface area contributed by atoms with Crippen LogP contribution < -0.4 is 0 Å². The van der Waals surface area contributed by atoms with E-state index < -0.39 is 0 Å². The molecule has 14 heavy (non-hydrogen) atoms. The maximum Gasteiger partial charge on any atom is 0.139 e. The van der Waals surface area contributed by atoms with Crippen molar-refractivity contribution in [3.8, 4) is 0 Å². The molecule has 1 atom stereocenters. The van der Waals surface area contributed by atoms with Gasteiger partial charge in [0.1, 0.15) is 12.1 Å². The van der Waals surface area contributed by atoms with Crippen LogP contribution in [-0.4, -0.2) is 12.1 Å². The summed E-state index contributed by atoms with van der Waals surface area (Å²) in [5, 5.41) is 0. The Bertz CT molecular complexity index is 237. The molecule has 0 aromatic carbocycles. The van der Waals surface area contributed by atoms with Crippen molar-refractivity contribution in [1.82, 2.24) is 0 Å². The lowest BCUT2D eigenvalue weighted by atomic mass is 9.62. The van der Waals surface area contributed by atoms with Gasteiger partial charge in [0.15, 0.2) is 0 Å². The summed E-state index contributed by atoms with van der Waals surface area (Å²) in [7, 11) is 0. The molecule has 0 aromatic heterocycles. The number of ketones is 1. The molecule has 1 saturated carbocycles. The summed E-state index contributed by atoms with van der Waals surface area (Å²) in [5.74, 6) is 0.367. The fourth-order valence-electron chi connectivity index (χ4n) is 2.67. The predicted octanol–water partition coefficient (Wildman–Crippen LogP) is 2.75. The minimum Gasteiger partial charge on any atom is -0.303 e. The first-order chi connectivity index (χ1) is 6.44. The van der Waals surface area contributed by atoms with E-state index in [0.29, 0.717) is 18.6 Å². The van der Waals surface area contributed by atoms with Gasteiger partial charge in [0.05, 0.1) is 0 Å². The van der Waals surface area contributed by atoms with Crippen LogP contribution in [0.15, 0.2) is 0 Å². The lowest BCUT2D eigenvalue weighted by molar-refractivity contribution is -0.132. The minimum atomic E-state index is -0.228. The van der Waals surface area contributed by atoms with Crippen LogP contribution in [0.25, 0.3) is 0 Å². The largest absolute Gasteiger partial charge is 0.303 e. The fraction of sp³-hybridized carbons (Fsp3) is 0.833. The zero-order valence-electron chi connectivity index (χ0n) is 9.43. The van der Waals surface area contributed by atoms with E-state index in [4.69, 9.17) is 0 Å². The standard InChI is InChI=1S/C12H20O2/c1-11(2,3)12(8-5-9-13)7-4-6-10(12)14/h9H,4-8H2,1-3H3/t12-/m1/s1. The molecule has 1 fully saturated rings. The Labute approximate surface area is 86.1 Å². The van der Waals surface area contributed by atoms with Crippen molar-refractivity contribution < 1.29 is 9.59 Å². The normalized spacial score (nSPS) is 28.1. The summed E-state index contributed by atoms with van der Waals surface area (Å²) in [6.45, 7) is 6.34. The number of aldehydes is 1. The highest BCUT2D eigenvalue weighted by atomic mass is 16.1. The van der Waals surface area contributed by atoms with Gasteiger partial charge in [-0.15, -0.1) is 0 Å². The van der Waals surface area contributed by atoms with E-state index in [1.54, 1.807) is 0 Å². The van der Waals surface area contributed by atoms with Gasteiger partial charge in [0.25, 0.3) is 0 Å². The minimum absolute atomic E-state index is 0.0103. The predicted molar refractivity (Wildman–Crippen MR) is 56.0 cm³/mol. The second kappa shape index (κ2) is 3.84. The van der Waals surface area contributed by atoms with Crippen LogP contribution in [-0.2, 0) is 9.59 Å². The Hall–Kier alpha value is -0.660. The molecule has 1 aliphatic carbocycles. The molecule has 2 heteroatoms. The molecule has 2 nitrogen and oxygen atoms in total. The third-order valence-corrected chi connectivity index (χ3v) is 3.67. The van der Waals surface area contributed by atoms with E-state index in [1.807, 2.05) is 0 Å². The molecule has 0 N–H and O–H groups in total. The van der Waals surface area contributed by atoms with Crippen molar-refractivity contribution in [3.05, 3.63) is 0 Å². The summed E-state index contributed by atoms with van der Waals surface area (Å²) in [6, 6.07) is 0. The van der Waals surface area contributed by atoms with Gasteiger partial charge in [0, 0.05) is 18.3 Å². The molecule has 80 valence electrons. The van der Waals surface area contributed by atoms with Crippen LogP contribution in [0.2, 0.25) is 0 Å². The summed E-state index contributed by atoms with van der Waals surface area (Å²) >= 11 is 0. The van der Waals surface area contributed by atoms with Crippen LogP contribution >= 0.6 is 0 Å². The molecule has 0 unspecified atom stereocenters. The molecule has 1 rings (SSSR count). The van der Waals surface area contributed by atoms with Gasteiger partial charge in [-0.1, -0.05) is 20.8 Å². The molecule has 0 bridgehead atoms. The topological polar surface area (TPSA) is 34.1 Å². The van der Waals surface area contributed by atoms with E-state index in [0.717, 1.165) is 25.5 Å². The van der Waals surface area contributed by atoms with Crippen LogP contribution in [0, 0.1) is 10.8 Å². The van der Waals surface area contributed by atoms with Gasteiger partial charge in [-0.2, -0.15) is 0 Å². The third kappa shape index (κ3) is 1.75. The average Bonchev–Trinajstić information content (AvgIpc) is 2.43. The van der Waals surface area contributed by atoms with E-state index in [-0.39, 0.29) is 10.8 Å². The van der Waals surface area contributed by atoms with Crippen molar-refractivity contribution >= 4 is 12.1 Å². The third-order valence-electron chi connectivity index (χ3n) is 3.67. The molecule has 0 saturated heterocycles. The molecular weight excluding hydrogens is 176 g/mol. The van der Waals surface area contributed by atoms with Gasteiger partial charge in [-0.25, -0.2) is 0 Å². The highest BCUT2D eigenvalue weighted by Gasteiger charge is 2.49. The molecule has 0 aromatic rings. The van der Waals surface area contributed by atoms with Crippen molar-refractivity contribution in [3.63, 3.8) is 0 Å². The van der Waals surface area contributed by atoms with E-state index in [1.165, 1.54) is 0 Å². The van der Waals surface area contributed by atoms with Crippen LogP contribution in [0.3, 0.4) is 0 Å².